The molecule has 0 amide bonds. The summed E-state index contributed by atoms with van der Waals surface area (Å²) in [4.78, 5) is 22.8. The summed E-state index contributed by atoms with van der Waals surface area (Å²) < 4.78 is 1.05. The minimum Gasteiger partial charge on any atom is -0.394 e. The van der Waals surface area contributed by atoms with E-state index in [1.54, 1.807) is 0 Å². The molecule has 0 saturated carbocycles. The molecule has 1 atom stereocenters. The second kappa shape index (κ2) is 7.98. The number of hydrogen-bond acceptors (Lipinski definition) is 6. The molecule has 0 aliphatic heterocycles. The number of nitrogens with one attached hydrogen (secondary N) is 1. The van der Waals surface area contributed by atoms with Gasteiger partial charge in [-0.1, -0.05) is 41.9 Å². The molecule has 138 valence electrons. The molecule has 9 heteroatoms. The van der Waals surface area contributed by atoms with E-state index in [2.05, 4.69) is 10.4 Å². The second-order valence-corrected chi connectivity index (χ2v) is 6.03. The fourth-order valence-electron chi connectivity index (χ4n) is 2.54. The van der Waals surface area contributed by atoms with Gasteiger partial charge < -0.3 is 10.4 Å². The number of nitrogens with zero attached hydrogens (tertiary/aromatic N) is 3. The maximum atomic E-state index is 12.5. The lowest BCUT2D eigenvalue weighted by molar-refractivity contribution is -0.384. The molecular formula is C18H15ClN4O4. The highest BCUT2D eigenvalue weighted by molar-refractivity contribution is 6.33. The second-order valence-electron chi connectivity index (χ2n) is 5.65. The van der Waals surface area contributed by atoms with Gasteiger partial charge in [-0.15, -0.1) is 0 Å². The first-order chi connectivity index (χ1) is 13.0. The van der Waals surface area contributed by atoms with Crippen LogP contribution in [0.4, 0.5) is 11.4 Å². The van der Waals surface area contributed by atoms with E-state index in [1.165, 1.54) is 30.5 Å². The first-order valence-electron chi connectivity index (χ1n) is 7.96. The standard InChI is InChI=1S/C18H15ClN4O4/c19-17-15(21-16(11-24)12-4-2-1-3-5-12)10-20-22(18(17)25)13-6-8-14(9-7-13)23(26)27/h1-10,16,21,24H,11H2. The van der Waals surface area contributed by atoms with Crippen molar-refractivity contribution in [3.63, 3.8) is 0 Å². The summed E-state index contributed by atoms with van der Waals surface area (Å²) in [7, 11) is 0. The number of nitro groups is 1. The van der Waals surface area contributed by atoms with E-state index in [0.717, 1.165) is 10.2 Å². The molecule has 0 radical (unpaired) electrons. The van der Waals surface area contributed by atoms with Gasteiger partial charge in [0.15, 0.2) is 0 Å². The number of non-ortho nitro benzene ring substituents is 1. The average molecular weight is 387 g/mol. The van der Waals surface area contributed by atoms with Gasteiger partial charge in [-0.2, -0.15) is 9.78 Å². The van der Waals surface area contributed by atoms with Crippen molar-refractivity contribution in [3.05, 3.63) is 91.8 Å². The molecule has 1 unspecified atom stereocenters. The SMILES string of the molecule is O=c1c(Cl)c(NC(CO)c2ccccc2)cnn1-c1ccc([N+](=O)[O-])cc1. The first kappa shape index (κ1) is 18.6. The summed E-state index contributed by atoms with van der Waals surface area (Å²) in [5, 5.41) is 27.4. The van der Waals surface area contributed by atoms with Crippen LogP contribution in [0.1, 0.15) is 11.6 Å². The maximum Gasteiger partial charge on any atom is 0.292 e. The van der Waals surface area contributed by atoms with Crippen LogP contribution in [0.2, 0.25) is 5.02 Å². The number of anilines is 1. The Kier molecular flexibility index (Phi) is 5.49. The molecule has 2 aromatic carbocycles. The summed E-state index contributed by atoms with van der Waals surface area (Å²) in [6, 6.07) is 14.1. The van der Waals surface area contributed by atoms with Gasteiger partial charge in [0, 0.05) is 12.1 Å². The van der Waals surface area contributed by atoms with Crippen LogP contribution in [0.25, 0.3) is 5.69 Å². The molecule has 0 aliphatic carbocycles. The van der Waals surface area contributed by atoms with E-state index < -0.39 is 16.5 Å². The number of nitro benzene ring substituents is 1. The number of hydrogen-bond donors (Lipinski definition) is 2. The lowest BCUT2D eigenvalue weighted by atomic mass is 10.1. The fourth-order valence-corrected chi connectivity index (χ4v) is 2.72. The van der Waals surface area contributed by atoms with Crippen molar-refractivity contribution in [2.45, 2.75) is 6.04 Å². The van der Waals surface area contributed by atoms with Crippen molar-refractivity contribution >= 4 is 23.0 Å². The summed E-state index contributed by atoms with van der Waals surface area (Å²) in [5.74, 6) is 0. The number of benzene rings is 2. The van der Waals surface area contributed by atoms with Gasteiger partial charge in [-0.25, -0.2) is 0 Å². The molecule has 0 spiro atoms. The van der Waals surface area contributed by atoms with Crippen molar-refractivity contribution < 1.29 is 10.0 Å². The maximum absolute atomic E-state index is 12.5. The zero-order valence-corrected chi connectivity index (χ0v) is 14.7. The molecule has 0 bridgehead atoms. The lowest BCUT2D eigenvalue weighted by Gasteiger charge is -2.19. The summed E-state index contributed by atoms with van der Waals surface area (Å²) in [6.45, 7) is -0.203. The third kappa shape index (κ3) is 3.97. The van der Waals surface area contributed by atoms with Crippen LogP contribution < -0.4 is 10.9 Å². The van der Waals surface area contributed by atoms with Gasteiger partial charge in [0.1, 0.15) is 5.02 Å². The quantitative estimate of drug-likeness (QED) is 0.497. The van der Waals surface area contributed by atoms with Gasteiger partial charge in [0.2, 0.25) is 0 Å². The molecule has 0 aliphatic rings. The Morgan fingerprint density at radius 2 is 1.85 bits per heavy atom. The van der Waals surface area contributed by atoms with Gasteiger partial charge >= 0.3 is 0 Å². The first-order valence-corrected chi connectivity index (χ1v) is 8.34. The Labute approximate surface area is 158 Å². The van der Waals surface area contributed by atoms with Crippen LogP contribution in [0.5, 0.6) is 0 Å². The average Bonchev–Trinajstić information content (AvgIpc) is 2.70. The lowest BCUT2D eigenvalue weighted by Crippen LogP contribution is -2.24. The van der Waals surface area contributed by atoms with E-state index in [1.807, 2.05) is 30.3 Å². The predicted octanol–water partition coefficient (Wildman–Crippen LogP) is 2.94. The van der Waals surface area contributed by atoms with Crippen molar-refractivity contribution in [1.82, 2.24) is 9.78 Å². The molecule has 2 N–H and O–H groups in total. The van der Waals surface area contributed by atoms with E-state index >= 15 is 0 Å². The van der Waals surface area contributed by atoms with Crippen LogP contribution in [0.15, 0.2) is 65.6 Å². The Hall–Kier alpha value is -3.23. The summed E-state index contributed by atoms with van der Waals surface area (Å²) >= 11 is 6.19. The Morgan fingerprint density at radius 3 is 2.44 bits per heavy atom. The number of aliphatic hydroxyl groups is 1. The van der Waals surface area contributed by atoms with Gasteiger partial charge in [0.05, 0.1) is 35.1 Å². The molecule has 3 rings (SSSR count). The van der Waals surface area contributed by atoms with Gasteiger partial charge in [-0.3, -0.25) is 14.9 Å². The zero-order valence-electron chi connectivity index (χ0n) is 13.9. The van der Waals surface area contributed by atoms with E-state index in [0.29, 0.717) is 5.69 Å². The van der Waals surface area contributed by atoms with Gasteiger partial charge in [-0.05, 0) is 17.7 Å². The molecular weight excluding hydrogens is 372 g/mol. The van der Waals surface area contributed by atoms with Crippen LogP contribution in [0, 0.1) is 10.1 Å². The zero-order chi connectivity index (χ0) is 19.4. The van der Waals surface area contributed by atoms with Crippen molar-refractivity contribution in [1.29, 1.82) is 0 Å². The van der Waals surface area contributed by atoms with Crippen LogP contribution in [0.3, 0.4) is 0 Å². The van der Waals surface area contributed by atoms with E-state index in [9.17, 15) is 20.0 Å². The molecule has 0 fully saturated rings. The summed E-state index contributed by atoms with van der Waals surface area (Å²) in [5.41, 5.74) is 0.782. The van der Waals surface area contributed by atoms with Crippen LogP contribution >= 0.6 is 11.6 Å². The van der Waals surface area contributed by atoms with Crippen molar-refractivity contribution in [2.75, 3.05) is 11.9 Å². The minimum atomic E-state index is -0.583. The normalized spacial score (nSPS) is 11.8. The molecule has 3 aromatic rings. The molecule has 8 nitrogen and oxygen atoms in total. The van der Waals surface area contributed by atoms with Crippen LogP contribution in [-0.4, -0.2) is 26.4 Å². The highest BCUT2D eigenvalue weighted by Crippen LogP contribution is 2.23. The Morgan fingerprint density at radius 1 is 1.19 bits per heavy atom. The Bertz CT molecular complexity index is 1010. The van der Waals surface area contributed by atoms with E-state index in [-0.39, 0.29) is 23.0 Å². The molecule has 1 aromatic heterocycles. The highest BCUT2D eigenvalue weighted by atomic mass is 35.5. The third-order valence-electron chi connectivity index (χ3n) is 3.94. The topological polar surface area (TPSA) is 110 Å². The summed E-state index contributed by atoms with van der Waals surface area (Å²) in [6.07, 6.45) is 1.37. The number of aliphatic hydroxyl groups excluding tert-OH is 1. The number of halogens is 1. The third-order valence-corrected chi connectivity index (χ3v) is 4.30. The highest BCUT2D eigenvalue weighted by Gasteiger charge is 2.16. The number of rotatable bonds is 6. The Balaban J connectivity index is 1.91. The largest absolute Gasteiger partial charge is 0.394 e. The molecule has 27 heavy (non-hydrogen) atoms. The van der Waals surface area contributed by atoms with Crippen LogP contribution in [-0.2, 0) is 0 Å². The minimum absolute atomic E-state index is 0.0927. The number of aromatic nitrogens is 2. The molecule has 0 saturated heterocycles. The smallest absolute Gasteiger partial charge is 0.292 e. The van der Waals surface area contributed by atoms with Gasteiger partial charge in [0.25, 0.3) is 11.2 Å². The molecule has 1 heterocycles. The van der Waals surface area contributed by atoms with E-state index in [4.69, 9.17) is 11.6 Å². The fraction of sp³-hybridized carbons (Fsp3) is 0.111. The van der Waals surface area contributed by atoms with Crippen molar-refractivity contribution in [3.8, 4) is 5.69 Å². The monoisotopic (exact) mass is 386 g/mol. The predicted molar refractivity (Wildman–Crippen MR) is 101 cm³/mol. The van der Waals surface area contributed by atoms with Crippen molar-refractivity contribution in [2.24, 2.45) is 0 Å².